The molecular weight excluding hydrogens is 431 g/mol. The van der Waals surface area contributed by atoms with E-state index < -0.39 is 27.8 Å². The van der Waals surface area contributed by atoms with Gasteiger partial charge < -0.3 is 10.1 Å². The van der Waals surface area contributed by atoms with E-state index in [9.17, 15) is 17.6 Å². The number of sulfonamides is 1. The van der Waals surface area contributed by atoms with Crippen molar-refractivity contribution in [1.82, 2.24) is 10.0 Å². The van der Waals surface area contributed by atoms with Crippen LogP contribution in [0.25, 0.3) is 0 Å². The largest absolute Gasteiger partial charge is 0.494 e. The SMILES string of the molecule is COc1ccc(C(C)NC(=O)c2ccc(C)c(S(=O)(=O)NCc3ccccc3)c2)cc1F. The van der Waals surface area contributed by atoms with Gasteiger partial charge >= 0.3 is 0 Å². The molecule has 0 bridgehead atoms. The van der Waals surface area contributed by atoms with Crippen LogP contribution in [-0.2, 0) is 16.6 Å². The van der Waals surface area contributed by atoms with Crippen LogP contribution in [0.4, 0.5) is 4.39 Å². The summed E-state index contributed by atoms with van der Waals surface area (Å²) in [4.78, 5) is 12.8. The average Bonchev–Trinajstić information content (AvgIpc) is 2.78. The molecule has 6 nitrogen and oxygen atoms in total. The summed E-state index contributed by atoms with van der Waals surface area (Å²) in [5.41, 5.74) is 2.09. The van der Waals surface area contributed by atoms with Crippen LogP contribution < -0.4 is 14.8 Å². The maximum Gasteiger partial charge on any atom is 0.251 e. The van der Waals surface area contributed by atoms with Crippen molar-refractivity contribution in [3.8, 4) is 5.75 Å². The number of carbonyl (C=O) groups is 1. The van der Waals surface area contributed by atoms with E-state index in [4.69, 9.17) is 4.74 Å². The maximum atomic E-state index is 14.0. The third-order valence-corrected chi connectivity index (χ3v) is 6.62. The predicted octanol–water partition coefficient (Wildman–Crippen LogP) is 4.11. The number of ether oxygens (including phenoxy) is 1. The van der Waals surface area contributed by atoms with Gasteiger partial charge in [0.05, 0.1) is 18.0 Å². The van der Waals surface area contributed by atoms with E-state index in [0.717, 1.165) is 5.56 Å². The lowest BCUT2D eigenvalue weighted by molar-refractivity contribution is 0.0939. The Kier molecular flexibility index (Phi) is 7.27. The Labute approximate surface area is 187 Å². The summed E-state index contributed by atoms with van der Waals surface area (Å²) in [6, 6.07) is 17.6. The molecule has 0 fully saturated rings. The molecule has 168 valence electrons. The highest BCUT2D eigenvalue weighted by Gasteiger charge is 2.20. The Morgan fingerprint density at radius 3 is 2.44 bits per heavy atom. The van der Waals surface area contributed by atoms with Gasteiger partial charge in [0.2, 0.25) is 10.0 Å². The molecule has 8 heteroatoms. The molecule has 1 atom stereocenters. The zero-order valence-electron chi connectivity index (χ0n) is 18.1. The van der Waals surface area contributed by atoms with Gasteiger partial charge in [0.25, 0.3) is 5.91 Å². The van der Waals surface area contributed by atoms with E-state index in [1.54, 1.807) is 32.0 Å². The van der Waals surface area contributed by atoms with Crippen molar-refractivity contribution in [2.75, 3.05) is 7.11 Å². The first-order valence-corrected chi connectivity index (χ1v) is 11.5. The molecular formula is C24H25FN2O4S. The van der Waals surface area contributed by atoms with Crippen LogP contribution in [0.5, 0.6) is 5.75 Å². The number of hydrogen-bond acceptors (Lipinski definition) is 4. The summed E-state index contributed by atoms with van der Waals surface area (Å²) in [5.74, 6) is -0.879. The van der Waals surface area contributed by atoms with E-state index in [2.05, 4.69) is 10.0 Å². The van der Waals surface area contributed by atoms with Crippen molar-refractivity contribution in [1.29, 1.82) is 0 Å². The Bertz CT molecular complexity index is 1210. The number of nitrogens with one attached hydrogen (secondary N) is 2. The molecule has 0 spiro atoms. The molecule has 1 unspecified atom stereocenters. The number of methoxy groups -OCH3 is 1. The van der Waals surface area contributed by atoms with E-state index in [0.29, 0.717) is 11.1 Å². The second-order valence-electron chi connectivity index (χ2n) is 7.38. The number of carbonyl (C=O) groups excluding carboxylic acids is 1. The number of amides is 1. The van der Waals surface area contributed by atoms with Crippen molar-refractivity contribution in [2.24, 2.45) is 0 Å². The van der Waals surface area contributed by atoms with E-state index >= 15 is 0 Å². The normalized spacial score (nSPS) is 12.2. The van der Waals surface area contributed by atoms with E-state index in [-0.39, 0.29) is 22.8 Å². The maximum absolute atomic E-state index is 14.0. The van der Waals surface area contributed by atoms with Crippen molar-refractivity contribution in [2.45, 2.75) is 31.3 Å². The summed E-state index contributed by atoms with van der Waals surface area (Å²) in [6.45, 7) is 3.52. The van der Waals surface area contributed by atoms with Gasteiger partial charge in [-0.05, 0) is 54.8 Å². The first kappa shape index (κ1) is 23.4. The molecule has 0 aliphatic carbocycles. The molecule has 2 N–H and O–H groups in total. The summed E-state index contributed by atoms with van der Waals surface area (Å²) in [6.07, 6.45) is 0. The quantitative estimate of drug-likeness (QED) is 0.534. The second kappa shape index (κ2) is 9.93. The minimum absolute atomic E-state index is 0.0317. The highest BCUT2D eigenvalue weighted by atomic mass is 32.2. The number of aryl methyl sites for hydroxylation is 1. The molecule has 0 aliphatic rings. The Hall–Kier alpha value is -3.23. The molecule has 3 aromatic carbocycles. The standard InChI is InChI=1S/C24H25FN2O4S/c1-16-9-10-20(14-23(16)32(29,30)26-15-18-7-5-4-6-8-18)24(28)27-17(2)19-11-12-22(31-3)21(25)13-19/h4-14,17,26H,15H2,1-3H3,(H,27,28). The highest BCUT2D eigenvalue weighted by Crippen LogP contribution is 2.23. The van der Waals surface area contributed by atoms with Gasteiger partial charge in [0.15, 0.2) is 11.6 Å². The van der Waals surface area contributed by atoms with E-state index in [1.165, 1.54) is 25.3 Å². The smallest absolute Gasteiger partial charge is 0.251 e. The minimum Gasteiger partial charge on any atom is -0.494 e. The van der Waals surface area contributed by atoms with Crippen LogP contribution in [-0.4, -0.2) is 21.4 Å². The predicted molar refractivity (Wildman–Crippen MR) is 120 cm³/mol. The molecule has 0 heterocycles. The Balaban J connectivity index is 1.76. The van der Waals surface area contributed by atoms with Crippen LogP contribution in [0, 0.1) is 12.7 Å². The topological polar surface area (TPSA) is 84.5 Å². The zero-order chi connectivity index (χ0) is 23.3. The fraction of sp³-hybridized carbons (Fsp3) is 0.208. The van der Waals surface area contributed by atoms with Crippen LogP contribution in [0.1, 0.15) is 40.0 Å². The molecule has 0 radical (unpaired) electrons. The lowest BCUT2D eigenvalue weighted by Crippen LogP contribution is -2.28. The first-order valence-electron chi connectivity index (χ1n) is 10.00. The van der Waals surface area contributed by atoms with Crippen molar-refractivity contribution < 1.29 is 22.3 Å². The van der Waals surface area contributed by atoms with Gasteiger partial charge in [-0.2, -0.15) is 0 Å². The zero-order valence-corrected chi connectivity index (χ0v) is 18.9. The average molecular weight is 457 g/mol. The fourth-order valence-corrected chi connectivity index (χ4v) is 4.48. The first-order chi connectivity index (χ1) is 15.2. The molecule has 3 aromatic rings. The highest BCUT2D eigenvalue weighted by molar-refractivity contribution is 7.89. The molecule has 0 aromatic heterocycles. The second-order valence-corrected chi connectivity index (χ2v) is 9.11. The summed E-state index contributed by atoms with van der Waals surface area (Å²) in [7, 11) is -2.46. The van der Waals surface area contributed by atoms with Crippen LogP contribution in [0.3, 0.4) is 0 Å². The third-order valence-electron chi connectivity index (χ3n) is 5.07. The fourth-order valence-electron chi connectivity index (χ4n) is 3.20. The van der Waals surface area contributed by atoms with Crippen molar-refractivity contribution >= 4 is 15.9 Å². The van der Waals surface area contributed by atoms with Gasteiger partial charge in [-0.3, -0.25) is 4.79 Å². The molecule has 1 amide bonds. The van der Waals surface area contributed by atoms with Crippen LogP contribution in [0.15, 0.2) is 71.6 Å². The van der Waals surface area contributed by atoms with Crippen molar-refractivity contribution in [3.63, 3.8) is 0 Å². The van der Waals surface area contributed by atoms with Crippen LogP contribution >= 0.6 is 0 Å². The molecule has 3 rings (SSSR count). The Morgan fingerprint density at radius 1 is 1.06 bits per heavy atom. The number of halogens is 1. The van der Waals surface area contributed by atoms with Gasteiger partial charge in [0, 0.05) is 12.1 Å². The van der Waals surface area contributed by atoms with Gasteiger partial charge in [-0.15, -0.1) is 0 Å². The summed E-state index contributed by atoms with van der Waals surface area (Å²) in [5, 5.41) is 2.77. The molecule has 32 heavy (non-hydrogen) atoms. The number of benzene rings is 3. The minimum atomic E-state index is -3.83. The molecule has 0 saturated heterocycles. The van der Waals surface area contributed by atoms with Crippen molar-refractivity contribution in [3.05, 3.63) is 94.8 Å². The summed E-state index contributed by atoms with van der Waals surface area (Å²) < 4.78 is 47.2. The lowest BCUT2D eigenvalue weighted by Gasteiger charge is -2.16. The third kappa shape index (κ3) is 5.52. The van der Waals surface area contributed by atoms with E-state index in [1.807, 2.05) is 30.3 Å². The van der Waals surface area contributed by atoms with Crippen LogP contribution in [0.2, 0.25) is 0 Å². The lowest BCUT2D eigenvalue weighted by atomic mass is 10.1. The Morgan fingerprint density at radius 2 is 1.78 bits per heavy atom. The van der Waals surface area contributed by atoms with Gasteiger partial charge in [0.1, 0.15) is 0 Å². The summed E-state index contributed by atoms with van der Waals surface area (Å²) >= 11 is 0. The van der Waals surface area contributed by atoms with Gasteiger partial charge in [-0.1, -0.05) is 42.5 Å². The molecule has 0 saturated carbocycles. The van der Waals surface area contributed by atoms with Gasteiger partial charge in [-0.25, -0.2) is 17.5 Å². The molecule has 0 aliphatic heterocycles. The number of hydrogen-bond donors (Lipinski definition) is 2. The monoisotopic (exact) mass is 456 g/mol. The number of rotatable bonds is 8.